The summed E-state index contributed by atoms with van der Waals surface area (Å²) in [6.07, 6.45) is 4.70. The van der Waals surface area contributed by atoms with Crippen LogP contribution in [0.15, 0.2) is 42.5 Å². The lowest BCUT2D eigenvalue weighted by atomic mass is 9.78. The van der Waals surface area contributed by atoms with Gasteiger partial charge in [0.2, 0.25) is 0 Å². The summed E-state index contributed by atoms with van der Waals surface area (Å²) in [7, 11) is 3.31. The van der Waals surface area contributed by atoms with Gasteiger partial charge in [-0.25, -0.2) is 0 Å². The Balaban J connectivity index is 0.00000280. The number of benzene rings is 2. The summed E-state index contributed by atoms with van der Waals surface area (Å²) in [5.41, 5.74) is 2.52. The SMILES string of the molecule is COc1ccc(C2(CNCc3ccc([N+](=O)[O-])cc3)CCCC2)cc1OC.Cl. The van der Waals surface area contributed by atoms with Crippen molar-refractivity contribution in [3.05, 3.63) is 63.7 Å². The molecule has 7 heteroatoms. The number of nitro groups is 1. The summed E-state index contributed by atoms with van der Waals surface area (Å²) in [4.78, 5) is 10.4. The van der Waals surface area contributed by atoms with Gasteiger partial charge in [0.25, 0.3) is 5.69 Å². The van der Waals surface area contributed by atoms with Crippen molar-refractivity contribution in [3.8, 4) is 11.5 Å². The van der Waals surface area contributed by atoms with Crippen LogP contribution >= 0.6 is 12.4 Å². The van der Waals surface area contributed by atoms with Crippen LogP contribution < -0.4 is 14.8 Å². The number of nitro benzene ring substituents is 1. The van der Waals surface area contributed by atoms with E-state index in [9.17, 15) is 10.1 Å². The van der Waals surface area contributed by atoms with E-state index in [1.54, 1.807) is 26.4 Å². The highest BCUT2D eigenvalue weighted by Crippen LogP contribution is 2.43. The van der Waals surface area contributed by atoms with Crippen LogP contribution in [0.25, 0.3) is 0 Å². The molecule has 0 unspecified atom stereocenters. The zero-order chi connectivity index (χ0) is 19.3. The van der Waals surface area contributed by atoms with Crippen LogP contribution in [0.2, 0.25) is 0 Å². The number of hydrogen-bond acceptors (Lipinski definition) is 5. The molecule has 0 radical (unpaired) electrons. The first-order valence-corrected chi connectivity index (χ1v) is 9.24. The monoisotopic (exact) mass is 406 g/mol. The second kappa shape index (κ2) is 9.75. The zero-order valence-electron chi connectivity index (χ0n) is 16.3. The molecule has 1 N–H and O–H groups in total. The smallest absolute Gasteiger partial charge is 0.269 e. The quantitative estimate of drug-likeness (QED) is 0.510. The van der Waals surface area contributed by atoms with E-state index in [1.807, 2.05) is 18.2 Å². The molecule has 3 rings (SSSR count). The van der Waals surface area contributed by atoms with E-state index in [1.165, 1.54) is 18.4 Å². The minimum absolute atomic E-state index is 0. The lowest BCUT2D eigenvalue weighted by molar-refractivity contribution is -0.384. The number of nitrogens with zero attached hydrogens (tertiary/aromatic N) is 1. The summed E-state index contributed by atoms with van der Waals surface area (Å²) >= 11 is 0. The minimum Gasteiger partial charge on any atom is -0.493 e. The van der Waals surface area contributed by atoms with E-state index in [4.69, 9.17) is 9.47 Å². The molecule has 0 aliphatic heterocycles. The number of rotatable bonds is 8. The van der Waals surface area contributed by atoms with Crippen LogP contribution in [0, 0.1) is 10.1 Å². The van der Waals surface area contributed by atoms with Crippen LogP contribution in [-0.2, 0) is 12.0 Å². The van der Waals surface area contributed by atoms with Crippen LogP contribution in [0.3, 0.4) is 0 Å². The molecule has 0 heterocycles. The largest absolute Gasteiger partial charge is 0.493 e. The van der Waals surface area contributed by atoms with Gasteiger partial charge in [-0.1, -0.05) is 31.0 Å². The van der Waals surface area contributed by atoms with E-state index in [2.05, 4.69) is 17.4 Å². The molecule has 1 aliphatic rings. The number of nitrogens with one attached hydrogen (secondary N) is 1. The third kappa shape index (κ3) is 4.75. The Labute approximate surface area is 171 Å². The molecule has 0 saturated heterocycles. The maximum absolute atomic E-state index is 10.8. The van der Waals surface area contributed by atoms with Gasteiger partial charge in [0.05, 0.1) is 19.1 Å². The van der Waals surface area contributed by atoms with Crippen LogP contribution in [0.4, 0.5) is 5.69 Å². The van der Waals surface area contributed by atoms with E-state index < -0.39 is 0 Å². The fourth-order valence-electron chi connectivity index (χ4n) is 3.97. The van der Waals surface area contributed by atoms with Crippen molar-refractivity contribution in [2.45, 2.75) is 37.6 Å². The zero-order valence-corrected chi connectivity index (χ0v) is 17.1. The van der Waals surface area contributed by atoms with Gasteiger partial charge in [-0.05, 0) is 36.1 Å². The fraction of sp³-hybridized carbons (Fsp3) is 0.429. The molecular weight excluding hydrogens is 380 g/mol. The van der Waals surface area contributed by atoms with Crippen molar-refractivity contribution in [2.24, 2.45) is 0 Å². The predicted octanol–water partition coefficient (Wildman–Crippen LogP) is 4.64. The molecule has 6 nitrogen and oxygen atoms in total. The van der Waals surface area contributed by atoms with Crippen molar-refractivity contribution in [2.75, 3.05) is 20.8 Å². The minimum atomic E-state index is -0.373. The first kappa shape index (κ1) is 22.0. The average molecular weight is 407 g/mol. The maximum Gasteiger partial charge on any atom is 0.269 e. The molecule has 1 saturated carbocycles. The van der Waals surface area contributed by atoms with Gasteiger partial charge in [-0.2, -0.15) is 0 Å². The summed E-state index contributed by atoms with van der Waals surface area (Å²) < 4.78 is 10.8. The molecular formula is C21H27ClN2O4. The normalized spacial score (nSPS) is 14.9. The summed E-state index contributed by atoms with van der Waals surface area (Å²) in [5, 5.41) is 14.3. The maximum atomic E-state index is 10.8. The van der Waals surface area contributed by atoms with Crippen molar-refractivity contribution in [1.29, 1.82) is 0 Å². The van der Waals surface area contributed by atoms with Gasteiger partial charge >= 0.3 is 0 Å². The number of halogens is 1. The topological polar surface area (TPSA) is 73.6 Å². The van der Waals surface area contributed by atoms with Crippen molar-refractivity contribution >= 4 is 18.1 Å². The number of non-ortho nitro benzene ring substituents is 1. The molecule has 1 aliphatic carbocycles. The third-order valence-electron chi connectivity index (χ3n) is 5.50. The molecule has 0 bridgehead atoms. The Morgan fingerprint density at radius 1 is 1.04 bits per heavy atom. The summed E-state index contributed by atoms with van der Waals surface area (Å²) in [5.74, 6) is 1.50. The van der Waals surface area contributed by atoms with Gasteiger partial charge in [0.1, 0.15) is 0 Å². The second-order valence-electron chi connectivity index (χ2n) is 7.08. The fourth-order valence-corrected chi connectivity index (χ4v) is 3.97. The van der Waals surface area contributed by atoms with Crippen LogP contribution in [0.1, 0.15) is 36.8 Å². The van der Waals surface area contributed by atoms with Crippen LogP contribution in [-0.4, -0.2) is 25.7 Å². The molecule has 1 fully saturated rings. The van der Waals surface area contributed by atoms with Crippen molar-refractivity contribution in [1.82, 2.24) is 5.32 Å². The summed E-state index contributed by atoms with van der Waals surface area (Å²) in [6.45, 7) is 1.55. The first-order valence-electron chi connectivity index (χ1n) is 9.24. The number of hydrogen-bond donors (Lipinski definition) is 1. The third-order valence-corrected chi connectivity index (χ3v) is 5.50. The Hall–Kier alpha value is -2.31. The van der Waals surface area contributed by atoms with Gasteiger partial charge < -0.3 is 14.8 Å². The molecule has 28 heavy (non-hydrogen) atoms. The predicted molar refractivity (Wildman–Crippen MR) is 112 cm³/mol. The first-order chi connectivity index (χ1) is 13.1. The molecule has 2 aromatic carbocycles. The highest BCUT2D eigenvalue weighted by molar-refractivity contribution is 5.85. The van der Waals surface area contributed by atoms with Crippen molar-refractivity contribution < 1.29 is 14.4 Å². The Kier molecular flexibility index (Phi) is 7.66. The van der Waals surface area contributed by atoms with E-state index in [0.29, 0.717) is 6.54 Å². The highest BCUT2D eigenvalue weighted by Gasteiger charge is 2.35. The van der Waals surface area contributed by atoms with Gasteiger partial charge in [0, 0.05) is 30.6 Å². The molecule has 0 amide bonds. The lowest BCUT2D eigenvalue weighted by Crippen LogP contribution is -2.35. The number of ether oxygens (including phenoxy) is 2. The second-order valence-corrected chi connectivity index (χ2v) is 7.08. The molecule has 0 atom stereocenters. The molecule has 152 valence electrons. The standard InChI is InChI=1S/C21H26N2O4.ClH/c1-26-19-10-7-17(13-20(19)27-2)21(11-3-4-12-21)15-22-14-16-5-8-18(9-6-16)23(24)25;/h5-10,13,22H,3-4,11-12,14-15H2,1-2H3;1H. The van der Waals surface area contributed by atoms with Crippen molar-refractivity contribution in [3.63, 3.8) is 0 Å². The van der Waals surface area contributed by atoms with Gasteiger partial charge in [0.15, 0.2) is 11.5 Å². The van der Waals surface area contributed by atoms with Gasteiger partial charge in [-0.3, -0.25) is 10.1 Å². The Morgan fingerprint density at radius 3 is 2.25 bits per heavy atom. The van der Waals surface area contributed by atoms with E-state index in [0.717, 1.165) is 36.4 Å². The molecule has 0 spiro atoms. The Bertz CT molecular complexity index is 789. The molecule has 2 aromatic rings. The van der Waals surface area contributed by atoms with E-state index in [-0.39, 0.29) is 28.4 Å². The van der Waals surface area contributed by atoms with Gasteiger partial charge in [-0.15, -0.1) is 12.4 Å². The van der Waals surface area contributed by atoms with E-state index >= 15 is 0 Å². The molecule has 0 aromatic heterocycles. The van der Waals surface area contributed by atoms with Crippen LogP contribution in [0.5, 0.6) is 11.5 Å². The summed E-state index contributed by atoms with van der Waals surface area (Å²) in [6, 6.07) is 12.9. The number of methoxy groups -OCH3 is 2. The highest BCUT2D eigenvalue weighted by atomic mass is 35.5. The average Bonchev–Trinajstić information content (AvgIpc) is 3.18. The lowest BCUT2D eigenvalue weighted by Gasteiger charge is -2.31. The Morgan fingerprint density at radius 2 is 1.68 bits per heavy atom.